The molecule has 5 nitrogen and oxygen atoms in total. The van der Waals surface area contributed by atoms with E-state index in [4.69, 9.17) is 0 Å². The minimum absolute atomic E-state index is 0.428. The van der Waals surface area contributed by atoms with Crippen LogP contribution in [0.1, 0.15) is 25.3 Å². The fourth-order valence-corrected chi connectivity index (χ4v) is 3.32. The van der Waals surface area contributed by atoms with E-state index in [1.807, 2.05) is 4.68 Å². The minimum atomic E-state index is 0.428. The highest BCUT2D eigenvalue weighted by Crippen LogP contribution is 2.12. The van der Waals surface area contributed by atoms with Crippen LogP contribution < -0.4 is 5.32 Å². The molecule has 0 unspecified atom stereocenters. The zero-order chi connectivity index (χ0) is 15.9. The Balaban J connectivity index is 1.35. The van der Waals surface area contributed by atoms with Crippen molar-refractivity contribution in [2.45, 2.75) is 44.8 Å². The van der Waals surface area contributed by atoms with E-state index in [0.717, 1.165) is 13.0 Å². The summed E-state index contributed by atoms with van der Waals surface area (Å²) in [7, 11) is 0. The summed E-state index contributed by atoms with van der Waals surface area (Å²) in [6, 6.07) is 11.8. The zero-order valence-corrected chi connectivity index (χ0v) is 13.9. The molecule has 0 bridgehead atoms. The lowest BCUT2D eigenvalue weighted by Gasteiger charge is -2.34. The average Bonchev–Trinajstić information content (AvgIpc) is 3.08. The number of nitrogens with one attached hydrogen (secondary N) is 1. The third-order valence-electron chi connectivity index (χ3n) is 4.59. The summed E-state index contributed by atoms with van der Waals surface area (Å²) >= 11 is 0. The van der Waals surface area contributed by atoms with Gasteiger partial charge < -0.3 is 10.2 Å². The molecule has 1 aliphatic rings. The van der Waals surface area contributed by atoms with Gasteiger partial charge in [0, 0.05) is 18.6 Å². The highest BCUT2D eigenvalue weighted by molar-refractivity contribution is 5.14. The highest BCUT2D eigenvalue weighted by atomic mass is 15.3. The Bertz CT molecular complexity index is 546. The predicted octanol–water partition coefficient (Wildman–Crippen LogP) is 1.96. The van der Waals surface area contributed by atoms with Gasteiger partial charge in [0.1, 0.15) is 12.7 Å². The molecule has 23 heavy (non-hydrogen) atoms. The van der Waals surface area contributed by atoms with Crippen molar-refractivity contribution in [3.05, 3.63) is 48.5 Å². The SMILES string of the molecule is C[C@@H](Cn1cncn1)NC1CCN(CCc2ccccc2)CC1. The van der Waals surface area contributed by atoms with Crippen LogP contribution in [0.4, 0.5) is 0 Å². The molecule has 1 N–H and O–H groups in total. The lowest BCUT2D eigenvalue weighted by atomic mass is 10.0. The molecule has 1 aliphatic heterocycles. The number of piperidine rings is 1. The highest BCUT2D eigenvalue weighted by Gasteiger charge is 2.20. The van der Waals surface area contributed by atoms with E-state index in [2.05, 4.69) is 57.6 Å². The van der Waals surface area contributed by atoms with Gasteiger partial charge in [-0.15, -0.1) is 0 Å². The summed E-state index contributed by atoms with van der Waals surface area (Å²) in [5.41, 5.74) is 1.44. The number of hydrogen-bond acceptors (Lipinski definition) is 4. The summed E-state index contributed by atoms with van der Waals surface area (Å²) in [4.78, 5) is 6.59. The summed E-state index contributed by atoms with van der Waals surface area (Å²) < 4.78 is 1.90. The van der Waals surface area contributed by atoms with Gasteiger partial charge in [-0.25, -0.2) is 4.98 Å². The maximum Gasteiger partial charge on any atom is 0.137 e. The lowest BCUT2D eigenvalue weighted by Crippen LogP contribution is -2.46. The van der Waals surface area contributed by atoms with Crippen LogP contribution in [0.2, 0.25) is 0 Å². The van der Waals surface area contributed by atoms with Crippen molar-refractivity contribution < 1.29 is 0 Å². The molecule has 5 heteroatoms. The molecule has 1 aromatic heterocycles. The maximum atomic E-state index is 4.17. The van der Waals surface area contributed by atoms with Gasteiger partial charge in [0.15, 0.2) is 0 Å². The van der Waals surface area contributed by atoms with Gasteiger partial charge in [-0.05, 0) is 44.8 Å². The standard InChI is InChI=1S/C18H27N5/c1-16(13-23-15-19-14-20-23)21-18-8-11-22(12-9-18)10-7-17-5-3-2-4-6-17/h2-6,14-16,18,21H,7-13H2,1H3/t16-/m0/s1. The van der Waals surface area contributed by atoms with Crippen molar-refractivity contribution in [2.24, 2.45) is 0 Å². The van der Waals surface area contributed by atoms with E-state index in [9.17, 15) is 0 Å². The van der Waals surface area contributed by atoms with Gasteiger partial charge in [-0.1, -0.05) is 30.3 Å². The predicted molar refractivity (Wildman–Crippen MR) is 92.2 cm³/mol. The fraction of sp³-hybridized carbons (Fsp3) is 0.556. The largest absolute Gasteiger partial charge is 0.310 e. The molecular formula is C18H27N5. The first kappa shape index (κ1) is 16.1. The molecule has 2 aromatic rings. The molecule has 0 radical (unpaired) electrons. The molecule has 1 fully saturated rings. The number of benzene rings is 1. The van der Waals surface area contributed by atoms with E-state index in [1.54, 1.807) is 12.7 Å². The molecule has 1 saturated heterocycles. The summed E-state index contributed by atoms with van der Waals surface area (Å²) in [5, 5.41) is 7.91. The number of hydrogen-bond donors (Lipinski definition) is 1. The summed E-state index contributed by atoms with van der Waals surface area (Å²) in [6.45, 7) is 6.67. The van der Waals surface area contributed by atoms with Crippen LogP contribution in [-0.2, 0) is 13.0 Å². The van der Waals surface area contributed by atoms with E-state index < -0.39 is 0 Å². The van der Waals surface area contributed by atoms with Crippen LogP contribution in [-0.4, -0.2) is 51.4 Å². The van der Waals surface area contributed by atoms with Crippen LogP contribution in [0.5, 0.6) is 0 Å². The Kier molecular flexibility index (Phi) is 5.77. The van der Waals surface area contributed by atoms with E-state index in [-0.39, 0.29) is 0 Å². The zero-order valence-electron chi connectivity index (χ0n) is 13.9. The van der Waals surface area contributed by atoms with Crippen LogP contribution in [0.25, 0.3) is 0 Å². The number of nitrogens with zero attached hydrogens (tertiary/aromatic N) is 4. The lowest BCUT2D eigenvalue weighted by molar-refractivity contribution is 0.191. The van der Waals surface area contributed by atoms with E-state index >= 15 is 0 Å². The second-order valence-electron chi connectivity index (χ2n) is 6.54. The molecule has 0 saturated carbocycles. The first-order valence-corrected chi connectivity index (χ1v) is 8.64. The first-order valence-electron chi connectivity index (χ1n) is 8.64. The van der Waals surface area contributed by atoms with Crippen LogP contribution in [0.15, 0.2) is 43.0 Å². The van der Waals surface area contributed by atoms with Crippen molar-refractivity contribution in [1.82, 2.24) is 25.0 Å². The molecule has 1 aromatic carbocycles. The second-order valence-corrected chi connectivity index (χ2v) is 6.54. The molecule has 124 valence electrons. The summed E-state index contributed by atoms with van der Waals surface area (Å²) in [6.07, 6.45) is 7.00. The summed E-state index contributed by atoms with van der Waals surface area (Å²) in [5.74, 6) is 0. The van der Waals surface area contributed by atoms with Gasteiger partial charge in [0.2, 0.25) is 0 Å². The Morgan fingerprint density at radius 2 is 2.00 bits per heavy atom. The van der Waals surface area contributed by atoms with E-state index in [1.165, 1.54) is 38.0 Å². The average molecular weight is 313 g/mol. The van der Waals surface area contributed by atoms with Gasteiger partial charge in [-0.3, -0.25) is 4.68 Å². The fourth-order valence-electron chi connectivity index (χ4n) is 3.32. The first-order chi connectivity index (χ1) is 11.3. The Labute approximate surface area is 138 Å². The molecular weight excluding hydrogens is 286 g/mol. The van der Waals surface area contributed by atoms with Crippen LogP contribution in [0.3, 0.4) is 0 Å². The van der Waals surface area contributed by atoms with Gasteiger partial charge >= 0.3 is 0 Å². The van der Waals surface area contributed by atoms with Gasteiger partial charge in [-0.2, -0.15) is 5.10 Å². The quantitative estimate of drug-likeness (QED) is 0.849. The number of aromatic nitrogens is 3. The Morgan fingerprint density at radius 1 is 1.22 bits per heavy atom. The number of likely N-dealkylation sites (tertiary alicyclic amines) is 1. The van der Waals surface area contributed by atoms with Crippen molar-refractivity contribution in [3.8, 4) is 0 Å². The maximum absolute atomic E-state index is 4.17. The molecule has 0 amide bonds. The third kappa shape index (κ3) is 5.15. The molecule has 2 heterocycles. The normalized spacial score (nSPS) is 18.1. The minimum Gasteiger partial charge on any atom is -0.310 e. The molecule has 1 atom stereocenters. The molecule has 0 spiro atoms. The molecule has 3 rings (SSSR count). The molecule has 0 aliphatic carbocycles. The van der Waals surface area contributed by atoms with Crippen molar-refractivity contribution in [3.63, 3.8) is 0 Å². The number of rotatable bonds is 7. The monoisotopic (exact) mass is 313 g/mol. The van der Waals surface area contributed by atoms with E-state index in [0.29, 0.717) is 12.1 Å². The van der Waals surface area contributed by atoms with Crippen molar-refractivity contribution in [1.29, 1.82) is 0 Å². The van der Waals surface area contributed by atoms with Crippen LogP contribution >= 0.6 is 0 Å². The Morgan fingerprint density at radius 3 is 2.70 bits per heavy atom. The Hall–Kier alpha value is -1.72. The van der Waals surface area contributed by atoms with Crippen molar-refractivity contribution >= 4 is 0 Å². The second kappa shape index (κ2) is 8.22. The third-order valence-corrected chi connectivity index (χ3v) is 4.59. The van der Waals surface area contributed by atoms with Crippen molar-refractivity contribution in [2.75, 3.05) is 19.6 Å². The van der Waals surface area contributed by atoms with Gasteiger partial charge in [0.05, 0.1) is 6.54 Å². The topological polar surface area (TPSA) is 46.0 Å². The van der Waals surface area contributed by atoms with Crippen LogP contribution in [0, 0.1) is 0 Å². The smallest absolute Gasteiger partial charge is 0.137 e. The van der Waals surface area contributed by atoms with Gasteiger partial charge in [0.25, 0.3) is 0 Å².